The lowest BCUT2D eigenvalue weighted by Crippen LogP contribution is -2.06. The van der Waals surface area contributed by atoms with E-state index >= 15 is 0 Å². The number of benzene rings is 2. The summed E-state index contributed by atoms with van der Waals surface area (Å²) < 4.78 is 0. The molecule has 0 spiro atoms. The van der Waals surface area contributed by atoms with Crippen LogP contribution in [0.1, 0.15) is 5.69 Å². The van der Waals surface area contributed by atoms with E-state index in [0.717, 1.165) is 33.5 Å². The quantitative estimate of drug-likeness (QED) is 0.448. The topological polar surface area (TPSA) is 102 Å². The zero-order chi connectivity index (χ0) is 21.0. The first-order chi connectivity index (χ1) is 15.3. The molecule has 150 valence electrons. The Morgan fingerprint density at radius 2 is 1.55 bits per heavy atom. The highest BCUT2D eigenvalue weighted by Crippen LogP contribution is 2.34. The van der Waals surface area contributed by atoms with Gasteiger partial charge in [0.2, 0.25) is 5.95 Å². The zero-order valence-corrected chi connectivity index (χ0v) is 16.6. The summed E-state index contributed by atoms with van der Waals surface area (Å²) in [7, 11) is 0. The molecule has 3 aromatic heterocycles. The highest BCUT2D eigenvalue weighted by Gasteiger charge is 2.14. The summed E-state index contributed by atoms with van der Waals surface area (Å²) in [6.45, 7) is 0.535. The molecule has 0 fully saturated rings. The average Bonchev–Trinajstić information content (AvgIpc) is 2.83. The summed E-state index contributed by atoms with van der Waals surface area (Å²) in [6, 6.07) is 22.1. The summed E-state index contributed by atoms with van der Waals surface area (Å²) in [6.07, 6.45) is 5.04. The maximum atomic E-state index is 5.64. The predicted molar refractivity (Wildman–Crippen MR) is 122 cm³/mol. The van der Waals surface area contributed by atoms with Crippen molar-refractivity contribution in [2.75, 3.05) is 11.1 Å². The molecule has 0 saturated heterocycles. The zero-order valence-electron chi connectivity index (χ0n) is 16.6. The van der Waals surface area contributed by atoms with Crippen LogP contribution in [0.5, 0.6) is 0 Å². The van der Waals surface area contributed by atoms with Gasteiger partial charge in [0, 0.05) is 18.6 Å². The van der Waals surface area contributed by atoms with Crippen molar-refractivity contribution in [3.63, 3.8) is 0 Å². The van der Waals surface area contributed by atoms with Gasteiger partial charge in [-0.25, -0.2) is 19.9 Å². The van der Waals surface area contributed by atoms with Gasteiger partial charge in [-0.05, 0) is 29.3 Å². The van der Waals surface area contributed by atoms with Gasteiger partial charge in [0.1, 0.15) is 5.82 Å². The Labute approximate surface area is 179 Å². The third-order valence-corrected chi connectivity index (χ3v) is 4.90. The van der Waals surface area contributed by atoms with E-state index in [9.17, 15) is 0 Å². The molecule has 3 N–H and O–H groups in total. The van der Waals surface area contributed by atoms with Gasteiger partial charge in [-0.3, -0.25) is 4.98 Å². The van der Waals surface area contributed by atoms with Crippen LogP contribution in [0.2, 0.25) is 0 Å². The number of nitrogens with two attached hydrogens (primary N) is 1. The van der Waals surface area contributed by atoms with E-state index in [1.54, 1.807) is 18.6 Å². The Kier molecular flexibility index (Phi) is 4.90. The van der Waals surface area contributed by atoms with Crippen LogP contribution in [0.4, 0.5) is 11.8 Å². The molecule has 0 aliphatic carbocycles. The Bertz CT molecular complexity index is 1320. The molecule has 5 aromatic rings. The molecule has 0 saturated carbocycles. The van der Waals surface area contributed by atoms with Crippen molar-refractivity contribution in [3.8, 4) is 22.5 Å². The third kappa shape index (κ3) is 3.89. The van der Waals surface area contributed by atoms with Crippen molar-refractivity contribution in [1.82, 2.24) is 24.9 Å². The van der Waals surface area contributed by atoms with E-state index in [1.165, 1.54) is 0 Å². The van der Waals surface area contributed by atoms with Crippen LogP contribution in [0.25, 0.3) is 33.4 Å². The number of nitrogens with zero attached hydrogens (tertiary/aromatic N) is 5. The van der Waals surface area contributed by atoms with Crippen molar-refractivity contribution in [2.45, 2.75) is 6.54 Å². The van der Waals surface area contributed by atoms with Crippen LogP contribution in [0.15, 0.2) is 85.3 Å². The molecule has 2 aromatic carbocycles. The highest BCUT2D eigenvalue weighted by molar-refractivity contribution is 6.02. The lowest BCUT2D eigenvalue weighted by Gasteiger charge is -2.14. The number of anilines is 2. The number of hydrogen-bond acceptors (Lipinski definition) is 7. The van der Waals surface area contributed by atoms with Crippen molar-refractivity contribution in [3.05, 3.63) is 91.0 Å². The number of fused-ring (bicyclic) bond motifs is 1. The van der Waals surface area contributed by atoms with Gasteiger partial charge in [0.25, 0.3) is 0 Å². The van der Waals surface area contributed by atoms with Gasteiger partial charge in [0.05, 0.1) is 28.7 Å². The maximum Gasteiger partial charge on any atom is 0.219 e. The van der Waals surface area contributed by atoms with E-state index < -0.39 is 0 Å². The number of rotatable bonds is 5. The predicted octanol–water partition coefficient (Wildman–Crippen LogP) is 4.34. The van der Waals surface area contributed by atoms with Gasteiger partial charge in [-0.2, -0.15) is 0 Å². The van der Waals surface area contributed by atoms with Crippen molar-refractivity contribution >= 4 is 22.7 Å². The fourth-order valence-corrected chi connectivity index (χ4v) is 3.43. The second-order valence-electron chi connectivity index (χ2n) is 6.97. The molecule has 0 aliphatic rings. The SMILES string of the molecule is Nc1ncc(-c2nc(NCc3ccccn3)c3c(-c4ccccc4)cccc3n2)cn1. The van der Waals surface area contributed by atoms with Crippen molar-refractivity contribution in [1.29, 1.82) is 0 Å². The molecule has 0 aliphatic heterocycles. The van der Waals surface area contributed by atoms with Gasteiger partial charge in [-0.15, -0.1) is 0 Å². The van der Waals surface area contributed by atoms with Crippen LogP contribution >= 0.6 is 0 Å². The van der Waals surface area contributed by atoms with E-state index in [2.05, 4.69) is 38.5 Å². The van der Waals surface area contributed by atoms with Crippen LogP contribution in [-0.4, -0.2) is 24.9 Å². The Morgan fingerprint density at radius 3 is 2.32 bits per heavy atom. The Hall–Kier alpha value is -4.39. The molecule has 5 rings (SSSR count). The molecule has 0 atom stereocenters. The number of nitrogens with one attached hydrogen (secondary N) is 1. The summed E-state index contributed by atoms with van der Waals surface area (Å²) in [5.41, 5.74) is 10.2. The molecule has 3 heterocycles. The minimum atomic E-state index is 0.212. The second kappa shape index (κ2) is 8.16. The van der Waals surface area contributed by atoms with E-state index in [-0.39, 0.29) is 5.95 Å². The lowest BCUT2D eigenvalue weighted by molar-refractivity contribution is 1.03. The highest BCUT2D eigenvalue weighted by atomic mass is 15.0. The van der Waals surface area contributed by atoms with Crippen molar-refractivity contribution in [2.24, 2.45) is 0 Å². The largest absolute Gasteiger partial charge is 0.368 e. The summed E-state index contributed by atoms with van der Waals surface area (Å²) in [5.74, 6) is 1.47. The molecule has 31 heavy (non-hydrogen) atoms. The van der Waals surface area contributed by atoms with Crippen LogP contribution in [0, 0.1) is 0 Å². The molecule has 0 bridgehead atoms. The van der Waals surface area contributed by atoms with Crippen molar-refractivity contribution < 1.29 is 0 Å². The molecule has 0 amide bonds. The fraction of sp³-hybridized carbons (Fsp3) is 0.0417. The van der Waals surface area contributed by atoms with E-state index in [4.69, 9.17) is 15.7 Å². The molecule has 7 nitrogen and oxygen atoms in total. The molecule has 0 radical (unpaired) electrons. The molecular formula is C24H19N7. The first-order valence-electron chi connectivity index (χ1n) is 9.86. The number of aromatic nitrogens is 5. The fourth-order valence-electron chi connectivity index (χ4n) is 3.43. The van der Waals surface area contributed by atoms with Gasteiger partial charge in [-0.1, -0.05) is 48.5 Å². The minimum absolute atomic E-state index is 0.212. The first kappa shape index (κ1) is 18.6. The standard InChI is InChI=1S/C24H19N7/c25-24-28-13-17(14-29-24)22-30-20-11-6-10-19(16-7-2-1-3-8-16)21(20)23(31-22)27-15-18-9-4-5-12-26-18/h1-14H,15H2,(H2,25,28,29)(H,27,30,31). The maximum absolute atomic E-state index is 5.64. The molecular weight excluding hydrogens is 386 g/mol. The smallest absolute Gasteiger partial charge is 0.219 e. The summed E-state index contributed by atoms with van der Waals surface area (Å²) in [5, 5.41) is 4.41. The van der Waals surface area contributed by atoms with Gasteiger partial charge < -0.3 is 11.1 Å². The van der Waals surface area contributed by atoms with Crippen LogP contribution in [0.3, 0.4) is 0 Å². The van der Waals surface area contributed by atoms with Gasteiger partial charge >= 0.3 is 0 Å². The second-order valence-corrected chi connectivity index (χ2v) is 6.97. The minimum Gasteiger partial charge on any atom is -0.368 e. The molecule has 0 unspecified atom stereocenters. The Morgan fingerprint density at radius 1 is 0.742 bits per heavy atom. The van der Waals surface area contributed by atoms with Crippen LogP contribution in [-0.2, 0) is 6.54 Å². The lowest BCUT2D eigenvalue weighted by atomic mass is 10.0. The first-order valence-corrected chi connectivity index (χ1v) is 9.86. The number of hydrogen-bond donors (Lipinski definition) is 2. The van der Waals surface area contributed by atoms with E-state index in [1.807, 2.05) is 48.5 Å². The Balaban J connectivity index is 1.67. The van der Waals surface area contributed by atoms with Crippen LogP contribution < -0.4 is 11.1 Å². The number of nitrogen functional groups attached to an aromatic ring is 1. The average molecular weight is 405 g/mol. The summed E-state index contributed by atoms with van der Waals surface area (Å²) >= 11 is 0. The third-order valence-electron chi connectivity index (χ3n) is 4.90. The monoisotopic (exact) mass is 405 g/mol. The van der Waals surface area contributed by atoms with Gasteiger partial charge in [0.15, 0.2) is 5.82 Å². The number of pyridine rings is 1. The van der Waals surface area contributed by atoms with E-state index in [0.29, 0.717) is 17.9 Å². The molecule has 7 heteroatoms. The normalized spacial score (nSPS) is 10.8. The summed E-state index contributed by atoms with van der Waals surface area (Å²) in [4.78, 5) is 22.2.